The van der Waals surface area contributed by atoms with Crippen molar-refractivity contribution in [3.8, 4) is 0 Å². The summed E-state index contributed by atoms with van der Waals surface area (Å²) in [5.41, 5.74) is 6.23. The molecule has 2 rings (SSSR count). The highest BCUT2D eigenvalue weighted by atomic mass is 19.1. The Labute approximate surface area is 87.5 Å². The number of rotatable bonds is 1. The van der Waals surface area contributed by atoms with E-state index in [1.807, 2.05) is 6.92 Å². The van der Waals surface area contributed by atoms with Gasteiger partial charge in [0.15, 0.2) is 0 Å². The highest BCUT2D eigenvalue weighted by Crippen LogP contribution is 2.30. The molecule has 2 atom stereocenters. The zero-order valence-corrected chi connectivity index (χ0v) is 8.56. The van der Waals surface area contributed by atoms with Gasteiger partial charge in [0.1, 0.15) is 11.6 Å². The van der Waals surface area contributed by atoms with Crippen molar-refractivity contribution in [2.24, 2.45) is 5.73 Å². The summed E-state index contributed by atoms with van der Waals surface area (Å²) in [6, 6.07) is 3.58. The van der Waals surface area contributed by atoms with Crippen LogP contribution in [0.1, 0.15) is 18.4 Å². The first-order valence-electron chi connectivity index (χ1n) is 4.94. The molecule has 0 radical (unpaired) electrons. The van der Waals surface area contributed by atoms with Crippen LogP contribution in [0.15, 0.2) is 18.2 Å². The first-order chi connectivity index (χ1) is 6.99. The molecule has 0 unspecified atom stereocenters. The summed E-state index contributed by atoms with van der Waals surface area (Å²) in [5, 5.41) is 3.13. The van der Waals surface area contributed by atoms with Crippen molar-refractivity contribution in [2.45, 2.75) is 18.4 Å². The molecule has 4 heteroatoms. The van der Waals surface area contributed by atoms with E-state index in [1.165, 1.54) is 12.1 Å². The second-order valence-corrected chi connectivity index (χ2v) is 4.39. The quantitative estimate of drug-likeness (QED) is 0.737. The second-order valence-electron chi connectivity index (χ2n) is 4.39. The maximum absolute atomic E-state index is 13.0. The monoisotopic (exact) mass is 212 g/mol. The van der Waals surface area contributed by atoms with Gasteiger partial charge in [0, 0.05) is 30.6 Å². The normalized spacial score (nSPS) is 30.8. The molecule has 1 aromatic carbocycles. The number of benzene rings is 1. The van der Waals surface area contributed by atoms with Crippen LogP contribution in [0.25, 0.3) is 0 Å². The lowest BCUT2D eigenvalue weighted by Crippen LogP contribution is -2.43. The maximum atomic E-state index is 13.0. The van der Waals surface area contributed by atoms with Crippen LogP contribution in [0.4, 0.5) is 8.78 Å². The predicted molar refractivity (Wildman–Crippen MR) is 54.6 cm³/mol. The van der Waals surface area contributed by atoms with Crippen LogP contribution < -0.4 is 11.1 Å². The fourth-order valence-electron chi connectivity index (χ4n) is 2.12. The van der Waals surface area contributed by atoms with Crippen molar-refractivity contribution in [3.63, 3.8) is 0 Å². The summed E-state index contributed by atoms with van der Waals surface area (Å²) >= 11 is 0. The van der Waals surface area contributed by atoms with Crippen LogP contribution in [0, 0.1) is 11.6 Å². The van der Waals surface area contributed by atoms with E-state index in [1.54, 1.807) is 0 Å². The van der Waals surface area contributed by atoms with Crippen molar-refractivity contribution in [3.05, 3.63) is 35.4 Å². The molecule has 0 aliphatic carbocycles. The minimum Gasteiger partial charge on any atom is -0.324 e. The van der Waals surface area contributed by atoms with Crippen LogP contribution in [0.3, 0.4) is 0 Å². The standard InChI is InChI=1S/C11H14F2N2/c1-11(14)6-15-5-10(11)7-2-8(12)4-9(13)3-7/h2-4,10,15H,5-6,14H2,1H3/t10-,11+/m0/s1. The summed E-state index contributed by atoms with van der Waals surface area (Å²) in [6.45, 7) is 3.21. The fourth-order valence-corrected chi connectivity index (χ4v) is 2.12. The highest BCUT2D eigenvalue weighted by molar-refractivity contribution is 5.27. The molecule has 15 heavy (non-hydrogen) atoms. The van der Waals surface area contributed by atoms with Gasteiger partial charge in [-0.25, -0.2) is 8.78 Å². The van der Waals surface area contributed by atoms with Gasteiger partial charge < -0.3 is 11.1 Å². The zero-order chi connectivity index (χ0) is 11.1. The second kappa shape index (κ2) is 3.54. The maximum Gasteiger partial charge on any atom is 0.126 e. The van der Waals surface area contributed by atoms with Crippen LogP contribution in [0.5, 0.6) is 0 Å². The molecule has 1 aliphatic heterocycles. The Morgan fingerprint density at radius 1 is 1.33 bits per heavy atom. The Morgan fingerprint density at radius 2 is 1.93 bits per heavy atom. The van der Waals surface area contributed by atoms with Crippen LogP contribution in [-0.4, -0.2) is 18.6 Å². The van der Waals surface area contributed by atoms with Gasteiger partial charge in [-0.3, -0.25) is 0 Å². The van der Waals surface area contributed by atoms with E-state index in [4.69, 9.17) is 5.73 Å². The van der Waals surface area contributed by atoms with Gasteiger partial charge >= 0.3 is 0 Å². The molecule has 0 bridgehead atoms. The van der Waals surface area contributed by atoms with Crippen LogP contribution in [0.2, 0.25) is 0 Å². The molecule has 0 amide bonds. The summed E-state index contributed by atoms with van der Waals surface area (Å²) in [6.07, 6.45) is 0. The Hall–Kier alpha value is -1.00. The van der Waals surface area contributed by atoms with Gasteiger partial charge in [0.05, 0.1) is 0 Å². The molecule has 0 spiro atoms. The van der Waals surface area contributed by atoms with Gasteiger partial charge in [-0.05, 0) is 24.6 Å². The largest absolute Gasteiger partial charge is 0.324 e. The molecule has 1 aliphatic rings. The van der Waals surface area contributed by atoms with Gasteiger partial charge in [0.2, 0.25) is 0 Å². The topological polar surface area (TPSA) is 38.0 Å². The third kappa shape index (κ3) is 2.01. The van der Waals surface area contributed by atoms with Gasteiger partial charge in [0.25, 0.3) is 0 Å². The van der Waals surface area contributed by atoms with E-state index in [0.29, 0.717) is 18.7 Å². The molecule has 1 saturated heterocycles. The van der Waals surface area contributed by atoms with Crippen molar-refractivity contribution >= 4 is 0 Å². The third-order valence-corrected chi connectivity index (χ3v) is 2.94. The Morgan fingerprint density at radius 3 is 2.40 bits per heavy atom. The van der Waals surface area contributed by atoms with E-state index in [-0.39, 0.29) is 5.92 Å². The van der Waals surface area contributed by atoms with E-state index >= 15 is 0 Å². The summed E-state index contributed by atoms with van der Waals surface area (Å²) in [5.74, 6) is -1.14. The number of hydrogen-bond acceptors (Lipinski definition) is 2. The lowest BCUT2D eigenvalue weighted by molar-refractivity contribution is 0.458. The van der Waals surface area contributed by atoms with Crippen LogP contribution >= 0.6 is 0 Å². The SMILES string of the molecule is C[C@@]1(N)CNC[C@H]1c1cc(F)cc(F)c1. The lowest BCUT2D eigenvalue weighted by atomic mass is 9.84. The molecule has 1 heterocycles. The van der Waals surface area contributed by atoms with Gasteiger partial charge in [-0.2, -0.15) is 0 Å². The van der Waals surface area contributed by atoms with E-state index in [2.05, 4.69) is 5.32 Å². The molecule has 82 valence electrons. The average Bonchev–Trinajstić information content (AvgIpc) is 2.43. The van der Waals surface area contributed by atoms with Crippen LogP contribution in [-0.2, 0) is 0 Å². The van der Waals surface area contributed by atoms with E-state index < -0.39 is 17.2 Å². The minimum atomic E-state index is -0.548. The number of halogens is 2. The molecule has 2 nitrogen and oxygen atoms in total. The Kier molecular flexibility index (Phi) is 2.48. The average molecular weight is 212 g/mol. The molecule has 1 aromatic rings. The van der Waals surface area contributed by atoms with Gasteiger partial charge in [-0.1, -0.05) is 0 Å². The Balaban J connectivity index is 2.37. The molecule has 0 aromatic heterocycles. The summed E-state index contributed by atoms with van der Waals surface area (Å²) in [4.78, 5) is 0. The van der Waals surface area contributed by atoms with Crippen molar-refractivity contribution < 1.29 is 8.78 Å². The molecule has 1 fully saturated rings. The zero-order valence-electron chi connectivity index (χ0n) is 8.56. The highest BCUT2D eigenvalue weighted by Gasteiger charge is 2.36. The molecular weight excluding hydrogens is 198 g/mol. The summed E-state index contributed by atoms with van der Waals surface area (Å²) in [7, 11) is 0. The molecule has 0 saturated carbocycles. The minimum absolute atomic E-state index is 0.0392. The first-order valence-corrected chi connectivity index (χ1v) is 4.94. The predicted octanol–water partition coefficient (Wildman–Crippen LogP) is 1.37. The number of nitrogens with one attached hydrogen (secondary N) is 1. The van der Waals surface area contributed by atoms with Crippen molar-refractivity contribution in [2.75, 3.05) is 13.1 Å². The lowest BCUT2D eigenvalue weighted by Gasteiger charge is -2.26. The van der Waals surface area contributed by atoms with E-state index in [0.717, 1.165) is 6.07 Å². The fraction of sp³-hybridized carbons (Fsp3) is 0.455. The van der Waals surface area contributed by atoms with Crippen molar-refractivity contribution in [1.82, 2.24) is 5.32 Å². The van der Waals surface area contributed by atoms with E-state index in [9.17, 15) is 8.78 Å². The molecule has 3 N–H and O–H groups in total. The van der Waals surface area contributed by atoms with Crippen molar-refractivity contribution in [1.29, 1.82) is 0 Å². The van der Waals surface area contributed by atoms with Gasteiger partial charge in [-0.15, -0.1) is 0 Å². The smallest absolute Gasteiger partial charge is 0.126 e. The molecular formula is C11H14F2N2. The number of nitrogens with two attached hydrogens (primary N) is 1. The first kappa shape index (κ1) is 10.5. The Bertz CT molecular complexity index is 357. The summed E-state index contributed by atoms with van der Waals surface area (Å²) < 4.78 is 26.1. The number of hydrogen-bond donors (Lipinski definition) is 2. The third-order valence-electron chi connectivity index (χ3n) is 2.94.